The number of nitrogens with zero attached hydrogens (tertiary/aromatic N) is 1. The summed E-state index contributed by atoms with van der Waals surface area (Å²) in [6.45, 7) is 8.50. The molecule has 0 aliphatic carbocycles. The van der Waals surface area contributed by atoms with E-state index in [0.29, 0.717) is 5.82 Å². The molecule has 0 atom stereocenters. The fourth-order valence-electron chi connectivity index (χ4n) is 1.92. The molecule has 3 heteroatoms. The average Bonchev–Trinajstić information content (AvgIpc) is 2.22. The number of rotatable bonds is 0. The van der Waals surface area contributed by atoms with E-state index in [0.717, 1.165) is 20.9 Å². The number of benzene rings is 1. The van der Waals surface area contributed by atoms with Gasteiger partial charge in [0.15, 0.2) is 0 Å². The molecule has 1 aromatic carbocycles. The second kappa shape index (κ2) is 3.98. The number of aromatic nitrogens is 1. The molecule has 0 unspecified atom stereocenters. The third-order valence-corrected chi connectivity index (χ3v) is 3.96. The Kier molecular flexibility index (Phi) is 2.90. The lowest BCUT2D eigenvalue weighted by molar-refractivity contribution is 0.591. The van der Waals surface area contributed by atoms with Crippen LogP contribution in [0.2, 0.25) is 0 Å². The lowest BCUT2D eigenvalue weighted by Crippen LogP contribution is -2.15. The Morgan fingerprint density at radius 2 is 1.88 bits per heavy atom. The molecule has 90 valence electrons. The van der Waals surface area contributed by atoms with Crippen LogP contribution in [0.4, 0.5) is 5.82 Å². The molecule has 1 aromatic heterocycles. The van der Waals surface area contributed by atoms with Crippen LogP contribution < -0.4 is 5.73 Å². The van der Waals surface area contributed by atoms with Crippen molar-refractivity contribution >= 4 is 32.7 Å². The first kappa shape index (κ1) is 12.4. The van der Waals surface area contributed by atoms with Crippen molar-refractivity contribution in [2.24, 2.45) is 0 Å². The van der Waals surface area contributed by atoms with E-state index in [1.807, 2.05) is 0 Å². The Balaban J connectivity index is 2.80. The molecule has 0 saturated carbocycles. The second-order valence-electron chi connectivity index (χ2n) is 5.44. The summed E-state index contributed by atoms with van der Waals surface area (Å²) in [4.78, 5) is 4.53. The average molecular weight is 293 g/mol. The zero-order chi connectivity index (χ0) is 12.8. The molecule has 0 bridgehead atoms. The van der Waals surface area contributed by atoms with E-state index in [1.54, 1.807) is 0 Å². The summed E-state index contributed by atoms with van der Waals surface area (Å²) in [5.41, 5.74) is 9.29. The number of fused-ring (bicyclic) bond motifs is 1. The third kappa shape index (κ3) is 2.16. The van der Waals surface area contributed by atoms with Crippen molar-refractivity contribution in [1.82, 2.24) is 4.98 Å². The summed E-state index contributed by atoms with van der Waals surface area (Å²) in [7, 11) is 0. The normalized spacial score (nSPS) is 12.1. The van der Waals surface area contributed by atoms with Crippen LogP contribution in [0.15, 0.2) is 22.7 Å². The first-order valence-electron chi connectivity index (χ1n) is 5.66. The van der Waals surface area contributed by atoms with E-state index in [-0.39, 0.29) is 5.41 Å². The highest BCUT2D eigenvalue weighted by Gasteiger charge is 2.19. The molecular weight excluding hydrogens is 276 g/mol. The summed E-state index contributed by atoms with van der Waals surface area (Å²) in [5.74, 6) is 0.622. The molecule has 0 amide bonds. The number of hydrogen-bond donors (Lipinski definition) is 1. The van der Waals surface area contributed by atoms with Gasteiger partial charge >= 0.3 is 0 Å². The maximum Gasteiger partial charge on any atom is 0.127 e. The monoisotopic (exact) mass is 292 g/mol. The van der Waals surface area contributed by atoms with Gasteiger partial charge in [-0.05, 0) is 39.9 Å². The highest BCUT2D eigenvalue weighted by atomic mass is 79.9. The molecule has 17 heavy (non-hydrogen) atoms. The van der Waals surface area contributed by atoms with Gasteiger partial charge in [-0.2, -0.15) is 0 Å². The standard InChI is InChI=1S/C14H17BrN2/c1-8-5-6-9-7-10(14(2,3)4)13(16)17-12(9)11(8)15/h5-7H,1-4H3,(H2,16,17). The fraction of sp³-hybridized carbons (Fsp3) is 0.357. The van der Waals surface area contributed by atoms with Gasteiger partial charge in [0, 0.05) is 15.4 Å². The Labute approximate surface area is 110 Å². The van der Waals surface area contributed by atoms with Crippen LogP contribution in [0.3, 0.4) is 0 Å². The summed E-state index contributed by atoms with van der Waals surface area (Å²) in [6, 6.07) is 6.33. The third-order valence-electron chi connectivity index (χ3n) is 2.96. The Bertz CT molecular complexity index is 583. The predicted molar refractivity (Wildman–Crippen MR) is 77.3 cm³/mol. The van der Waals surface area contributed by atoms with Crippen molar-refractivity contribution < 1.29 is 0 Å². The largest absolute Gasteiger partial charge is 0.383 e. The van der Waals surface area contributed by atoms with E-state index in [4.69, 9.17) is 5.73 Å². The zero-order valence-corrected chi connectivity index (χ0v) is 12.2. The van der Waals surface area contributed by atoms with Gasteiger partial charge in [-0.15, -0.1) is 0 Å². The molecule has 2 nitrogen and oxygen atoms in total. The maximum atomic E-state index is 6.06. The van der Waals surface area contributed by atoms with Gasteiger partial charge in [-0.1, -0.05) is 32.9 Å². The Morgan fingerprint density at radius 1 is 1.24 bits per heavy atom. The number of nitrogen functional groups attached to an aromatic ring is 1. The number of aryl methyl sites for hydroxylation is 1. The number of nitrogens with two attached hydrogens (primary N) is 1. The van der Waals surface area contributed by atoms with Crippen LogP contribution in [0.25, 0.3) is 10.9 Å². The van der Waals surface area contributed by atoms with Crippen LogP contribution in [0, 0.1) is 6.92 Å². The van der Waals surface area contributed by atoms with Gasteiger partial charge in [0.2, 0.25) is 0 Å². The molecular formula is C14H17BrN2. The van der Waals surface area contributed by atoms with Crippen LogP contribution >= 0.6 is 15.9 Å². The first-order valence-corrected chi connectivity index (χ1v) is 6.46. The molecule has 0 saturated heterocycles. The summed E-state index contributed by atoms with van der Waals surface area (Å²) in [6.07, 6.45) is 0. The Hall–Kier alpha value is -1.09. The quantitative estimate of drug-likeness (QED) is 0.791. The van der Waals surface area contributed by atoms with Crippen molar-refractivity contribution in [2.45, 2.75) is 33.1 Å². The molecule has 0 fully saturated rings. The molecule has 2 aromatic rings. The number of halogens is 1. The minimum atomic E-state index is 0.0165. The SMILES string of the molecule is Cc1ccc2cc(C(C)(C)C)c(N)nc2c1Br. The van der Waals surface area contributed by atoms with Crippen LogP contribution in [-0.2, 0) is 5.41 Å². The summed E-state index contributed by atoms with van der Waals surface area (Å²) >= 11 is 3.57. The smallest absolute Gasteiger partial charge is 0.127 e. The molecule has 0 radical (unpaired) electrons. The molecule has 0 aliphatic heterocycles. The predicted octanol–water partition coefficient (Wildman–Crippen LogP) is 4.19. The molecule has 2 rings (SSSR count). The van der Waals surface area contributed by atoms with Crippen molar-refractivity contribution in [3.05, 3.63) is 33.8 Å². The molecule has 1 heterocycles. The zero-order valence-electron chi connectivity index (χ0n) is 10.6. The van der Waals surface area contributed by atoms with Crippen LogP contribution in [-0.4, -0.2) is 4.98 Å². The van der Waals surface area contributed by atoms with Crippen molar-refractivity contribution in [3.63, 3.8) is 0 Å². The van der Waals surface area contributed by atoms with Gasteiger partial charge in [-0.25, -0.2) is 4.98 Å². The number of pyridine rings is 1. The van der Waals surface area contributed by atoms with Gasteiger partial charge in [0.05, 0.1) is 5.52 Å². The van der Waals surface area contributed by atoms with Crippen LogP contribution in [0.5, 0.6) is 0 Å². The summed E-state index contributed by atoms with van der Waals surface area (Å²) in [5, 5.41) is 1.13. The minimum absolute atomic E-state index is 0.0165. The highest BCUT2D eigenvalue weighted by molar-refractivity contribution is 9.10. The van der Waals surface area contributed by atoms with E-state index in [2.05, 4.69) is 66.8 Å². The number of hydrogen-bond acceptors (Lipinski definition) is 2. The van der Waals surface area contributed by atoms with Crippen molar-refractivity contribution in [3.8, 4) is 0 Å². The highest BCUT2D eigenvalue weighted by Crippen LogP contribution is 2.33. The second-order valence-corrected chi connectivity index (χ2v) is 6.23. The van der Waals surface area contributed by atoms with Gasteiger partial charge in [0.25, 0.3) is 0 Å². The van der Waals surface area contributed by atoms with Crippen molar-refractivity contribution in [2.75, 3.05) is 5.73 Å². The fourth-order valence-corrected chi connectivity index (χ4v) is 2.37. The minimum Gasteiger partial charge on any atom is -0.383 e. The van der Waals surface area contributed by atoms with Gasteiger partial charge < -0.3 is 5.73 Å². The lowest BCUT2D eigenvalue weighted by Gasteiger charge is -2.21. The topological polar surface area (TPSA) is 38.9 Å². The van der Waals surface area contributed by atoms with E-state index in [1.165, 1.54) is 5.56 Å². The first-order chi connectivity index (χ1) is 7.80. The molecule has 0 spiro atoms. The van der Waals surface area contributed by atoms with E-state index < -0.39 is 0 Å². The van der Waals surface area contributed by atoms with Crippen molar-refractivity contribution in [1.29, 1.82) is 0 Å². The Morgan fingerprint density at radius 3 is 2.47 bits per heavy atom. The number of anilines is 1. The lowest BCUT2D eigenvalue weighted by atomic mass is 9.86. The van der Waals surface area contributed by atoms with Crippen LogP contribution in [0.1, 0.15) is 31.9 Å². The molecule has 2 N–H and O–H groups in total. The maximum absolute atomic E-state index is 6.06. The van der Waals surface area contributed by atoms with E-state index in [9.17, 15) is 0 Å². The summed E-state index contributed by atoms with van der Waals surface area (Å²) < 4.78 is 1.03. The van der Waals surface area contributed by atoms with Gasteiger partial charge in [-0.3, -0.25) is 0 Å². The van der Waals surface area contributed by atoms with Gasteiger partial charge in [0.1, 0.15) is 5.82 Å². The van der Waals surface area contributed by atoms with E-state index >= 15 is 0 Å². The molecule has 0 aliphatic rings.